The molecule has 0 aromatic heterocycles. The minimum absolute atomic E-state index is 0.118. The topological polar surface area (TPSA) is 67.4 Å². The van der Waals surface area contributed by atoms with E-state index in [1.807, 2.05) is 31.2 Å². The molecule has 1 atom stereocenters. The molecular formula is C21H28N2O3S. The number of nitrogens with one attached hydrogen (secondary N) is 2. The molecule has 5 nitrogen and oxygen atoms in total. The van der Waals surface area contributed by atoms with E-state index in [2.05, 4.69) is 29.1 Å². The minimum atomic E-state index is -3.55. The molecule has 0 saturated carbocycles. The van der Waals surface area contributed by atoms with Crippen molar-refractivity contribution < 1.29 is 13.2 Å². The van der Waals surface area contributed by atoms with Crippen molar-refractivity contribution in [2.24, 2.45) is 0 Å². The Morgan fingerprint density at radius 1 is 1.07 bits per heavy atom. The third-order valence-corrected chi connectivity index (χ3v) is 6.57. The van der Waals surface area contributed by atoms with Crippen LogP contribution in [0.1, 0.15) is 36.9 Å². The predicted molar refractivity (Wildman–Crippen MR) is 107 cm³/mol. The van der Waals surface area contributed by atoms with E-state index in [1.54, 1.807) is 18.2 Å². The lowest BCUT2D eigenvalue weighted by Gasteiger charge is -2.40. The summed E-state index contributed by atoms with van der Waals surface area (Å²) in [6, 6.07) is 17.3. The molecule has 1 aliphatic heterocycles. The highest BCUT2D eigenvalue weighted by Gasteiger charge is 2.35. The molecule has 0 spiro atoms. The Morgan fingerprint density at radius 2 is 1.78 bits per heavy atom. The Balaban J connectivity index is 1.75. The zero-order valence-electron chi connectivity index (χ0n) is 15.9. The summed E-state index contributed by atoms with van der Waals surface area (Å²) in [6.07, 6.45) is 1.53. The van der Waals surface area contributed by atoms with Gasteiger partial charge in [0.2, 0.25) is 10.0 Å². The second-order valence-corrected chi connectivity index (χ2v) is 9.08. The molecule has 0 bridgehead atoms. The number of hydrogen-bond acceptors (Lipinski definition) is 4. The summed E-state index contributed by atoms with van der Waals surface area (Å²) < 4.78 is 33.9. The molecular weight excluding hydrogens is 360 g/mol. The molecule has 3 rings (SSSR count). The van der Waals surface area contributed by atoms with Gasteiger partial charge in [0.1, 0.15) is 0 Å². The molecule has 0 aliphatic carbocycles. The largest absolute Gasteiger partial charge is 0.381 e. The van der Waals surface area contributed by atoms with Crippen LogP contribution in [0, 0.1) is 6.92 Å². The second-order valence-electron chi connectivity index (χ2n) is 7.31. The van der Waals surface area contributed by atoms with Gasteiger partial charge in [-0.3, -0.25) is 0 Å². The van der Waals surface area contributed by atoms with Gasteiger partial charge in [0.05, 0.1) is 4.90 Å². The summed E-state index contributed by atoms with van der Waals surface area (Å²) in [4.78, 5) is 0.306. The summed E-state index contributed by atoms with van der Waals surface area (Å²) in [5, 5.41) is 3.68. The molecule has 1 fully saturated rings. The number of benzene rings is 2. The highest BCUT2D eigenvalue weighted by atomic mass is 32.2. The lowest BCUT2D eigenvalue weighted by atomic mass is 9.88. The van der Waals surface area contributed by atoms with E-state index in [1.165, 1.54) is 5.56 Å². The van der Waals surface area contributed by atoms with Crippen molar-refractivity contribution in [3.8, 4) is 0 Å². The van der Waals surface area contributed by atoms with Crippen molar-refractivity contribution in [1.29, 1.82) is 0 Å². The van der Waals surface area contributed by atoms with Crippen LogP contribution in [0.5, 0.6) is 0 Å². The first-order valence-corrected chi connectivity index (χ1v) is 10.9. The third-order valence-electron chi connectivity index (χ3n) is 5.17. The SMILES string of the molecule is Cc1cccc(S(=O)(=O)NCC2(N[C@H](C)c3ccccc3)CCOCC2)c1. The highest BCUT2D eigenvalue weighted by molar-refractivity contribution is 7.89. The molecule has 6 heteroatoms. The maximum absolute atomic E-state index is 12.8. The Morgan fingerprint density at radius 3 is 2.44 bits per heavy atom. The second kappa shape index (κ2) is 8.52. The van der Waals surface area contributed by atoms with Crippen LogP contribution in [-0.2, 0) is 14.8 Å². The molecule has 27 heavy (non-hydrogen) atoms. The molecule has 1 heterocycles. The van der Waals surface area contributed by atoms with Crippen LogP contribution in [0.4, 0.5) is 0 Å². The van der Waals surface area contributed by atoms with E-state index >= 15 is 0 Å². The van der Waals surface area contributed by atoms with E-state index in [-0.39, 0.29) is 11.6 Å². The summed E-state index contributed by atoms with van der Waals surface area (Å²) in [6.45, 7) is 5.59. The standard InChI is InChI=1S/C21H28N2O3S/c1-17-7-6-10-20(15-17)27(24,25)22-16-21(11-13-26-14-12-21)23-18(2)19-8-4-3-5-9-19/h3-10,15,18,22-23H,11-14,16H2,1-2H3/t18-/m1/s1. The van der Waals surface area contributed by atoms with E-state index in [0.29, 0.717) is 24.7 Å². The zero-order chi connectivity index (χ0) is 19.3. The highest BCUT2D eigenvalue weighted by Crippen LogP contribution is 2.25. The van der Waals surface area contributed by atoms with Crippen LogP contribution in [0.15, 0.2) is 59.5 Å². The van der Waals surface area contributed by atoms with Crippen LogP contribution in [-0.4, -0.2) is 33.7 Å². The fourth-order valence-electron chi connectivity index (χ4n) is 3.52. The number of sulfonamides is 1. The fraction of sp³-hybridized carbons (Fsp3) is 0.429. The number of aryl methyl sites for hydroxylation is 1. The molecule has 1 aliphatic rings. The summed E-state index contributed by atoms with van der Waals surface area (Å²) in [5.41, 5.74) is 1.78. The Labute approximate surface area is 162 Å². The van der Waals surface area contributed by atoms with Crippen molar-refractivity contribution in [1.82, 2.24) is 10.0 Å². The van der Waals surface area contributed by atoms with Gasteiger partial charge in [-0.05, 0) is 49.9 Å². The number of hydrogen-bond donors (Lipinski definition) is 2. The first kappa shape index (κ1) is 20.0. The molecule has 2 aromatic rings. The maximum Gasteiger partial charge on any atom is 0.240 e. The van der Waals surface area contributed by atoms with Crippen LogP contribution in [0.3, 0.4) is 0 Å². The number of ether oxygens (including phenoxy) is 1. The molecule has 0 unspecified atom stereocenters. The van der Waals surface area contributed by atoms with Gasteiger partial charge in [-0.25, -0.2) is 13.1 Å². The first-order chi connectivity index (χ1) is 12.9. The molecule has 1 saturated heterocycles. The third kappa shape index (κ3) is 5.17. The molecule has 0 amide bonds. The normalized spacial score (nSPS) is 18.1. The van der Waals surface area contributed by atoms with Crippen molar-refractivity contribution in [3.63, 3.8) is 0 Å². The lowest BCUT2D eigenvalue weighted by molar-refractivity contribution is 0.0358. The van der Waals surface area contributed by atoms with E-state index < -0.39 is 10.0 Å². The molecule has 0 radical (unpaired) electrons. The summed E-state index contributed by atoms with van der Waals surface area (Å²) in [5.74, 6) is 0. The fourth-order valence-corrected chi connectivity index (χ4v) is 4.75. The van der Waals surface area contributed by atoms with Gasteiger partial charge in [-0.1, -0.05) is 42.5 Å². The Bertz CT molecular complexity index is 847. The van der Waals surface area contributed by atoms with Crippen molar-refractivity contribution in [3.05, 3.63) is 65.7 Å². The first-order valence-electron chi connectivity index (χ1n) is 9.37. The summed E-state index contributed by atoms with van der Waals surface area (Å²) in [7, 11) is -3.55. The van der Waals surface area contributed by atoms with Crippen molar-refractivity contribution in [2.45, 2.75) is 43.2 Å². The van der Waals surface area contributed by atoms with Crippen LogP contribution in [0.25, 0.3) is 0 Å². The van der Waals surface area contributed by atoms with Gasteiger partial charge < -0.3 is 10.1 Å². The minimum Gasteiger partial charge on any atom is -0.381 e. The van der Waals surface area contributed by atoms with Crippen LogP contribution < -0.4 is 10.0 Å². The average Bonchev–Trinajstić information content (AvgIpc) is 2.68. The van der Waals surface area contributed by atoms with Gasteiger partial charge in [-0.15, -0.1) is 0 Å². The number of rotatable bonds is 7. The summed E-state index contributed by atoms with van der Waals surface area (Å²) >= 11 is 0. The zero-order valence-corrected chi connectivity index (χ0v) is 16.8. The van der Waals surface area contributed by atoms with Gasteiger partial charge in [0.25, 0.3) is 0 Å². The molecule has 2 N–H and O–H groups in total. The predicted octanol–water partition coefficient (Wildman–Crippen LogP) is 3.17. The average molecular weight is 389 g/mol. The molecule has 2 aromatic carbocycles. The van der Waals surface area contributed by atoms with Crippen LogP contribution >= 0.6 is 0 Å². The smallest absolute Gasteiger partial charge is 0.240 e. The monoisotopic (exact) mass is 388 g/mol. The Hall–Kier alpha value is -1.73. The van der Waals surface area contributed by atoms with Gasteiger partial charge >= 0.3 is 0 Å². The van der Waals surface area contributed by atoms with E-state index in [9.17, 15) is 8.42 Å². The van der Waals surface area contributed by atoms with Crippen LogP contribution in [0.2, 0.25) is 0 Å². The van der Waals surface area contributed by atoms with E-state index in [4.69, 9.17) is 4.74 Å². The van der Waals surface area contributed by atoms with Gasteiger partial charge in [0.15, 0.2) is 0 Å². The van der Waals surface area contributed by atoms with Gasteiger partial charge in [0, 0.05) is 31.3 Å². The maximum atomic E-state index is 12.8. The molecule has 146 valence electrons. The van der Waals surface area contributed by atoms with E-state index in [0.717, 1.165) is 18.4 Å². The van der Waals surface area contributed by atoms with Crippen molar-refractivity contribution in [2.75, 3.05) is 19.8 Å². The van der Waals surface area contributed by atoms with Gasteiger partial charge in [-0.2, -0.15) is 0 Å². The lowest BCUT2D eigenvalue weighted by Crippen LogP contribution is -2.57. The quantitative estimate of drug-likeness (QED) is 0.765. The Kier molecular flexibility index (Phi) is 6.32. The van der Waals surface area contributed by atoms with Crippen molar-refractivity contribution >= 4 is 10.0 Å².